The topological polar surface area (TPSA) is 53.2 Å². The molecule has 25 heavy (non-hydrogen) atoms. The molecule has 0 aliphatic carbocycles. The van der Waals surface area contributed by atoms with Gasteiger partial charge >= 0.3 is 11.7 Å². The summed E-state index contributed by atoms with van der Waals surface area (Å²) in [5.74, 6) is -0.430. The second kappa shape index (κ2) is 7.21. The largest absolute Gasteiger partial charge is 0.462 e. The van der Waals surface area contributed by atoms with Gasteiger partial charge in [0, 0.05) is 11.9 Å². The first-order valence-electron chi connectivity index (χ1n) is 8.21. The molecule has 0 amide bonds. The van der Waals surface area contributed by atoms with Gasteiger partial charge in [-0.15, -0.1) is 0 Å². The summed E-state index contributed by atoms with van der Waals surface area (Å²) < 4.78 is 8.31. The first-order chi connectivity index (χ1) is 12.1. The van der Waals surface area contributed by atoms with Crippen molar-refractivity contribution >= 4 is 5.97 Å². The van der Waals surface area contributed by atoms with Crippen molar-refractivity contribution in [1.82, 2.24) is 9.13 Å². The molecule has 2 aromatic carbocycles. The molecule has 3 rings (SSSR count). The maximum absolute atomic E-state index is 12.9. The second-order valence-electron chi connectivity index (χ2n) is 5.74. The Labute approximate surface area is 146 Å². The summed E-state index contributed by atoms with van der Waals surface area (Å²) in [7, 11) is 0. The lowest BCUT2D eigenvalue weighted by Crippen LogP contribution is -2.25. The van der Waals surface area contributed by atoms with Crippen LogP contribution in [-0.2, 0) is 11.3 Å². The fourth-order valence-corrected chi connectivity index (χ4v) is 2.85. The monoisotopic (exact) mass is 336 g/mol. The molecule has 1 aromatic heterocycles. The van der Waals surface area contributed by atoms with E-state index in [1.165, 1.54) is 0 Å². The van der Waals surface area contributed by atoms with E-state index in [9.17, 15) is 9.59 Å². The summed E-state index contributed by atoms with van der Waals surface area (Å²) in [5, 5.41) is 0. The van der Waals surface area contributed by atoms with Crippen molar-refractivity contribution in [1.29, 1.82) is 0 Å². The maximum atomic E-state index is 12.9. The summed E-state index contributed by atoms with van der Waals surface area (Å²) in [6, 6.07) is 16.8. The molecule has 5 nitrogen and oxygen atoms in total. The van der Waals surface area contributed by atoms with E-state index >= 15 is 0 Å². The third-order valence-corrected chi connectivity index (χ3v) is 3.97. The van der Waals surface area contributed by atoms with Gasteiger partial charge in [-0.05, 0) is 31.5 Å². The van der Waals surface area contributed by atoms with Crippen LogP contribution >= 0.6 is 0 Å². The number of imidazole rings is 1. The minimum atomic E-state index is -0.430. The second-order valence-corrected chi connectivity index (χ2v) is 5.74. The van der Waals surface area contributed by atoms with Crippen LogP contribution in [0, 0.1) is 6.92 Å². The van der Waals surface area contributed by atoms with Gasteiger partial charge in [-0.1, -0.05) is 42.5 Å². The zero-order valence-electron chi connectivity index (χ0n) is 14.3. The van der Waals surface area contributed by atoms with Crippen LogP contribution in [0.3, 0.4) is 0 Å². The minimum absolute atomic E-state index is 0.182. The Morgan fingerprint density at radius 1 is 1.04 bits per heavy atom. The average molecular weight is 336 g/mol. The highest BCUT2D eigenvalue weighted by atomic mass is 16.5. The highest BCUT2D eigenvalue weighted by molar-refractivity contribution is 5.93. The zero-order chi connectivity index (χ0) is 17.8. The first kappa shape index (κ1) is 16.8. The fourth-order valence-electron chi connectivity index (χ4n) is 2.85. The lowest BCUT2D eigenvalue weighted by atomic mass is 10.1. The molecule has 3 aromatic rings. The number of ether oxygens (including phenoxy) is 1. The van der Waals surface area contributed by atoms with E-state index in [4.69, 9.17) is 4.74 Å². The van der Waals surface area contributed by atoms with Crippen LogP contribution in [0.4, 0.5) is 0 Å². The van der Waals surface area contributed by atoms with Gasteiger partial charge in [-0.3, -0.25) is 9.13 Å². The van der Waals surface area contributed by atoms with Gasteiger partial charge in [0.05, 0.1) is 24.4 Å². The number of esters is 1. The molecule has 128 valence electrons. The minimum Gasteiger partial charge on any atom is -0.462 e. The van der Waals surface area contributed by atoms with Crippen molar-refractivity contribution in [2.75, 3.05) is 6.61 Å². The number of nitrogens with zero attached hydrogens (tertiary/aromatic N) is 2. The van der Waals surface area contributed by atoms with Crippen molar-refractivity contribution in [3.63, 3.8) is 0 Å². The van der Waals surface area contributed by atoms with Crippen LogP contribution in [0.15, 0.2) is 65.6 Å². The van der Waals surface area contributed by atoms with Gasteiger partial charge in [0.15, 0.2) is 0 Å². The van der Waals surface area contributed by atoms with Gasteiger partial charge in [0.2, 0.25) is 0 Å². The SMILES string of the molecule is CCOC(=O)c1ccccc1-n1c(C)cn(Cc2ccccc2)c1=O. The van der Waals surface area contributed by atoms with Gasteiger partial charge in [-0.2, -0.15) is 0 Å². The number of aromatic nitrogens is 2. The molecule has 0 aliphatic heterocycles. The third kappa shape index (κ3) is 3.40. The molecule has 1 heterocycles. The lowest BCUT2D eigenvalue weighted by Gasteiger charge is -2.10. The summed E-state index contributed by atoms with van der Waals surface area (Å²) in [6.07, 6.45) is 1.80. The lowest BCUT2D eigenvalue weighted by molar-refractivity contribution is 0.0526. The Kier molecular flexibility index (Phi) is 4.84. The predicted molar refractivity (Wildman–Crippen MR) is 96.3 cm³/mol. The van der Waals surface area contributed by atoms with Gasteiger partial charge in [-0.25, -0.2) is 9.59 Å². The van der Waals surface area contributed by atoms with E-state index in [1.807, 2.05) is 37.3 Å². The zero-order valence-corrected chi connectivity index (χ0v) is 14.3. The Morgan fingerprint density at radius 3 is 2.44 bits per heavy atom. The molecular formula is C20H20N2O3. The Morgan fingerprint density at radius 2 is 1.72 bits per heavy atom. The van der Waals surface area contributed by atoms with E-state index < -0.39 is 5.97 Å². The summed E-state index contributed by atoms with van der Waals surface area (Å²) in [6.45, 7) is 4.38. The van der Waals surface area contributed by atoms with E-state index in [0.29, 0.717) is 17.8 Å². The van der Waals surface area contributed by atoms with Crippen LogP contribution in [-0.4, -0.2) is 21.7 Å². The van der Waals surface area contributed by atoms with Crippen LogP contribution < -0.4 is 5.69 Å². The molecule has 0 bridgehead atoms. The number of carbonyl (C=O) groups excluding carboxylic acids is 1. The number of carbonyl (C=O) groups is 1. The summed E-state index contributed by atoms with van der Waals surface area (Å²) in [5.41, 5.74) is 2.54. The molecule has 0 spiro atoms. The van der Waals surface area contributed by atoms with E-state index in [2.05, 4.69) is 0 Å². The quantitative estimate of drug-likeness (QED) is 0.673. The molecule has 0 aliphatic rings. The number of benzene rings is 2. The summed E-state index contributed by atoms with van der Waals surface area (Å²) >= 11 is 0. The molecule has 0 radical (unpaired) electrons. The van der Waals surface area contributed by atoms with Crippen LogP contribution in [0.5, 0.6) is 0 Å². The van der Waals surface area contributed by atoms with Gasteiger partial charge in [0.1, 0.15) is 0 Å². The van der Waals surface area contributed by atoms with Crippen LogP contribution in [0.25, 0.3) is 5.69 Å². The number of rotatable bonds is 5. The molecule has 5 heteroatoms. The van der Waals surface area contributed by atoms with Crippen molar-refractivity contribution in [3.8, 4) is 5.69 Å². The van der Waals surface area contributed by atoms with Crippen molar-refractivity contribution in [2.45, 2.75) is 20.4 Å². The summed E-state index contributed by atoms with van der Waals surface area (Å²) in [4.78, 5) is 25.1. The molecule has 0 unspecified atom stereocenters. The molecule has 0 N–H and O–H groups in total. The van der Waals surface area contributed by atoms with Crippen molar-refractivity contribution < 1.29 is 9.53 Å². The van der Waals surface area contributed by atoms with E-state index in [1.54, 1.807) is 46.5 Å². The maximum Gasteiger partial charge on any atom is 0.340 e. The Bertz CT molecular complexity index is 939. The average Bonchev–Trinajstić information content (AvgIpc) is 2.89. The highest BCUT2D eigenvalue weighted by Gasteiger charge is 2.18. The van der Waals surface area contributed by atoms with Crippen molar-refractivity contribution in [2.24, 2.45) is 0 Å². The molecule has 0 atom stereocenters. The Balaban J connectivity index is 2.05. The van der Waals surface area contributed by atoms with Crippen LogP contribution in [0.1, 0.15) is 28.5 Å². The third-order valence-electron chi connectivity index (χ3n) is 3.97. The fraction of sp³-hybridized carbons (Fsp3) is 0.200. The Hall–Kier alpha value is -3.08. The predicted octanol–water partition coefficient (Wildman–Crippen LogP) is 3.17. The smallest absolute Gasteiger partial charge is 0.340 e. The molecule has 0 fully saturated rings. The highest BCUT2D eigenvalue weighted by Crippen LogP contribution is 2.16. The van der Waals surface area contributed by atoms with Gasteiger partial charge in [0.25, 0.3) is 0 Å². The number of para-hydroxylation sites is 1. The standard InChI is InChI=1S/C20H20N2O3/c1-3-25-19(23)17-11-7-8-12-18(17)22-15(2)13-21(20(22)24)14-16-9-5-4-6-10-16/h4-13H,3,14H2,1-2H3. The van der Waals surface area contributed by atoms with E-state index in [0.717, 1.165) is 11.3 Å². The normalized spacial score (nSPS) is 10.6. The molecule has 0 saturated carbocycles. The number of hydrogen-bond acceptors (Lipinski definition) is 3. The number of aryl methyl sites for hydroxylation is 1. The van der Waals surface area contributed by atoms with Crippen molar-refractivity contribution in [3.05, 3.63) is 88.1 Å². The van der Waals surface area contributed by atoms with E-state index in [-0.39, 0.29) is 12.3 Å². The van der Waals surface area contributed by atoms with Gasteiger partial charge < -0.3 is 4.74 Å². The molecule has 0 saturated heterocycles. The number of hydrogen-bond donors (Lipinski definition) is 0. The van der Waals surface area contributed by atoms with Crippen LogP contribution in [0.2, 0.25) is 0 Å². The molecular weight excluding hydrogens is 316 g/mol. The first-order valence-corrected chi connectivity index (χ1v) is 8.21.